The van der Waals surface area contributed by atoms with Crippen LogP contribution in [-0.2, 0) is 4.79 Å². The van der Waals surface area contributed by atoms with Crippen LogP contribution >= 0.6 is 0 Å². The summed E-state index contributed by atoms with van der Waals surface area (Å²) < 4.78 is 0. The number of carbonyl (C=O) groups is 2. The molecule has 1 aliphatic carbocycles. The number of rotatable bonds is 6. The van der Waals surface area contributed by atoms with Gasteiger partial charge in [-0.25, -0.2) is 0 Å². The predicted molar refractivity (Wildman–Crippen MR) is 121 cm³/mol. The van der Waals surface area contributed by atoms with Crippen LogP contribution in [0.4, 0.5) is 11.4 Å². The zero-order valence-electron chi connectivity index (χ0n) is 17.5. The maximum absolute atomic E-state index is 12.7. The number of hydrogen-bond donors (Lipinski definition) is 2. The van der Waals surface area contributed by atoms with Crippen LogP contribution in [-0.4, -0.2) is 31.4 Å². The molecular weight excluding hydrogens is 374 g/mol. The average Bonchev–Trinajstić information content (AvgIpc) is 3.28. The van der Waals surface area contributed by atoms with Crippen molar-refractivity contribution in [1.29, 1.82) is 0 Å². The molecule has 2 aliphatic rings. The number of nitrogens with zero attached hydrogens (tertiary/aromatic N) is 1. The van der Waals surface area contributed by atoms with E-state index in [0.717, 1.165) is 45.2 Å². The van der Waals surface area contributed by atoms with Crippen molar-refractivity contribution in [2.45, 2.75) is 38.5 Å². The van der Waals surface area contributed by atoms with Crippen LogP contribution in [0.2, 0.25) is 0 Å². The van der Waals surface area contributed by atoms with E-state index < -0.39 is 0 Å². The Bertz CT molecular complexity index is 862. The Kier molecular flexibility index (Phi) is 6.67. The summed E-state index contributed by atoms with van der Waals surface area (Å²) in [6.07, 6.45) is 6.49. The number of benzene rings is 2. The van der Waals surface area contributed by atoms with Crippen LogP contribution in [0.3, 0.4) is 0 Å². The van der Waals surface area contributed by atoms with Crippen LogP contribution in [0, 0.1) is 11.8 Å². The highest BCUT2D eigenvalue weighted by Gasteiger charge is 2.24. The second-order valence-corrected chi connectivity index (χ2v) is 8.55. The minimum Gasteiger partial charge on any atom is -0.371 e. The molecule has 1 atom stereocenters. The van der Waals surface area contributed by atoms with Gasteiger partial charge in [0.25, 0.3) is 5.91 Å². The summed E-state index contributed by atoms with van der Waals surface area (Å²) in [5, 5.41) is 6.08. The Morgan fingerprint density at radius 1 is 0.933 bits per heavy atom. The molecular formula is C25H31N3O2. The van der Waals surface area contributed by atoms with Gasteiger partial charge in [-0.05, 0) is 55.5 Å². The summed E-state index contributed by atoms with van der Waals surface area (Å²) in [5.41, 5.74) is 2.54. The molecule has 1 saturated heterocycles. The lowest BCUT2D eigenvalue weighted by atomic mass is 9.88. The Labute approximate surface area is 178 Å². The van der Waals surface area contributed by atoms with Crippen LogP contribution < -0.4 is 15.5 Å². The normalized spacial score (nSPS) is 19.5. The smallest absolute Gasteiger partial charge is 0.251 e. The van der Waals surface area contributed by atoms with Gasteiger partial charge in [0.2, 0.25) is 5.91 Å². The number of hydrogen-bond acceptors (Lipinski definition) is 3. The average molecular weight is 406 g/mol. The van der Waals surface area contributed by atoms with E-state index in [1.807, 2.05) is 18.2 Å². The van der Waals surface area contributed by atoms with Crippen LogP contribution in [0.5, 0.6) is 0 Å². The van der Waals surface area contributed by atoms with Crippen molar-refractivity contribution < 1.29 is 9.59 Å². The number of para-hydroxylation sites is 1. The summed E-state index contributed by atoms with van der Waals surface area (Å²) in [5.74, 6) is 0.552. The summed E-state index contributed by atoms with van der Waals surface area (Å²) in [6, 6.07) is 17.7. The Hall–Kier alpha value is -2.82. The lowest BCUT2D eigenvalue weighted by molar-refractivity contribution is -0.120. The lowest BCUT2D eigenvalue weighted by Crippen LogP contribution is -2.31. The van der Waals surface area contributed by atoms with Crippen LogP contribution in [0.1, 0.15) is 48.9 Å². The summed E-state index contributed by atoms with van der Waals surface area (Å²) in [4.78, 5) is 27.5. The van der Waals surface area contributed by atoms with Crippen LogP contribution in [0.15, 0.2) is 54.6 Å². The molecule has 4 rings (SSSR count). The van der Waals surface area contributed by atoms with Crippen molar-refractivity contribution in [3.63, 3.8) is 0 Å². The fourth-order valence-electron chi connectivity index (χ4n) is 4.56. The second-order valence-electron chi connectivity index (χ2n) is 8.55. The number of carbonyl (C=O) groups excluding carboxylic acids is 2. The van der Waals surface area contributed by atoms with E-state index >= 15 is 0 Å². The molecule has 158 valence electrons. The molecule has 1 heterocycles. The first-order valence-corrected chi connectivity index (χ1v) is 11.2. The Morgan fingerprint density at radius 2 is 1.73 bits per heavy atom. The maximum atomic E-state index is 12.7. The van der Waals surface area contributed by atoms with Crippen molar-refractivity contribution in [3.8, 4) is 0 Å². The largest absolute Gasteiger partial charge is 0.371 e. The predicted octanol–water partition coefficient (Wildman–Crippen LogP) is 4.46. The lowest BCUT2D eigenvalue weighted by Gasteiger charge is -2.21. The molecule has 0 spiro atoms. The number of nitrogens with one attached hydrogen (secondary N) is 2. The molecule has 1 unspecified atom stereocenters. The van der Waals surface area contributed by atoms with E-state index in [4.69, 9.17) is 0 Å². The van der Waals surface area contributed by atoms with Crippen molar-refractivity contribution >= 4 is 23.2 Å². The van der Waals surface area contributed by atoms with Crippen LogP contribution in [0.25, 0.3) is 0 Å². The highest BCUT2D eigenvalue weighted by atomic mass is 16.2. The fourth-order valence-corrected chi connectivity index (χ4v) is 4.56. The SMILES string of the molecule is O=C(NCC1CCN(c2ccccc2)C1)c1cccc(NC(=O)C2CCCCC2)c1. The van der Waals surface area contributed by atoms with Crippen molar-refractivity contribution in [2.24, 2.45) is 11.8 Å². The van der Waals surface area contributed by atoms with Gasteiger partial charge in [-0.3, -0.25) is 9.59 Å². The van der Waals surface area contributed by atoms with E-state index in [2.05, 4.69) is 39.8 Å². The van der Waals surface area contributed by atoms with Gasteiger partial charge in [0, 0.05) is 42.5 Å². The van der Waals surface area contributed by atoms with Gasteiger partial charge in [-0.1, -0.05) is 43.5 Å². The number of amides is 2. The first-order chi connectivity index (χ1) is 14.7. The molecule has 1 saturated carbocycles. The standard InChI is InChI=1S/C25H31N3O2/c29-24(26-17-19-14-15-28(18-19)23-12-5-2-6-13-23)21-10-7-11-22(16-21)27-25(30)20-8-3-1-4-9-20/h2,5-7,10-13,16,19-20H,1,3-4,8-9,14-15,17-18H2,(H,26,29)(H,27,30). The molecule has 5 heteroatoms. The topological polar surface area (TPSA) is 61.4 Å². The minimum absolute atomic E-state index is 0.0815. The molecule has 0 aromatic heterocycles. The molecule has 2 amide bonds. The van der Waals surface area contributed by atoms with Crippen molar-refractivity contribution in [2.75, 3.05) is 29.9 Å². The Morgan fingerprint density at radius 3 is 2.53 bits per heavy atom. The van der Waals surface area contributed by atoms with Gasteiger partial charge in [0.1, 0.15) is 0 Å². The third-order valence-corrected chi connectivity index (χ3v) is 6.33. The molecule has 30 heavy (non-hydrogen) atoms. The molecule has 2 N–H and O–H groups in total. The molecule has 2 aromatic carbocycles. The van der Waals surface area contributed by atoms with Gasteiger partial charge in [0.05, 0.1) is 0 Å². The molecule has 0 bridgehead atoms. The highest BCUT2D eigenvalue weighted by molar-refractivity contribution is 5.97. The zero-order valence-corrected chi connectivity index (χ0v) is 17.5. The van der Waals surface area contributed by atoms with Gasteiger partial charge in [-0.2, -0.15) is 0 Å². The molecule has 2 aromatic rings. The van der Waals surface area contributed by atoms with E-state index in [-0.39, 0.29) is 17.7 Å². The molecule has 0 radical (unpaired) electrons. The fraction of sp³-hybridized carbons (Fsp3) is 0.440. The third kappa shape index (κ3) is 5.21. The minimum atomic E-state index is -0.0815. The number of anilines is 2. The van der Waals surface area contributed by atoms with E-state index in [1.165, 1.54) is 12.1 Å². The van der Waals surface area contributed by atoms with E-state index in [0.29, 0.717) is 23.7 Å². The molecule has 1 aliphatic heterocycles. The highest BCUT2D eigenvalue weighted by Crippen LogP contribution is 2.25. The third-order valence-electron chi connectivity index (χ3n) is 6.33. The monoisotopic (exact) mass is 405 g/mol. The maximum Gasteiger partial charge on any atom is 0.251 e. The quantitative estimate of drug-likeness (QED) is 0.746. The van der Waals surface area contributed by atoms with E-state index in [9.17, 15) is 9.59 Å². The first-order valence-electron chi connectivity index (χ1n) is 11.2. The van der Waals surface area contributed by atoms with Crippen molar-refractivity contribution in [1.82, 2.24) is 5.32 Å². The molecule has 5 nitrogen and oxygen atoms in total. The first kappa shape index (κ1) is 20.5. The second kappa shape index (κ2) is 9.79. The van der Waals surface area contributed by atoms with Gasteiger partial charge >= 0.3 is 0 Å². The van der Waals surface area contributed by atoms with Crippen molar-refractivity contribution in [3.05, 3.63) is 60.2 Å². The summed E-state index contributed by atoms with van der Waals surface area (Å²) in [7, 11) is 0. The zero-order chi connectivity index (χ0) is 20.8. The van der Waals surface area contributed by atoms with Gasteiger partial charge in [0.15, 0.2) is 0 Å². The summed E-state index contributed by atoms with van der Waals surface area (Å²) >= 11 is 0. The molecule has 2 fully saturated rings. The van der Waals surface area contributed by atoms with Gasteiger partial charge in [-0.15, -0.1) is 0 Å². The summed E-state index contributed by atoms with van der Waals surface area (Å²) in [6.45, 7) is 2.65. The van der Waals surface area contributed by atoms with E-state index in [1.54, 1.807) is 12.1 Å². The van der Waals surface area contributed by atoms with Gasteiger partial charge < -0.3 is 15.5 Å². The Balaban J connectivity index is 1.28.